The number of nitrogens with one attached hydrogen (secondary N) is 1. The normalized spacial score (nSPS) is 20.6. The molecular formula is C17H27BrN2O. The first-order valence-electron chi connectivity index (χ1n) is 8.07. The fourth-order valence-electron chi connectivity index (χ4n) is 3.11. The molecule has 0 amide bonds. The Balaban J connectivity index is 2.29. The lowest BCUT2D eigenvalue weighted by atomic mass is 9.98. The summed E-state index contributed by atoms with van der Waals surface area (Å²) < 4.78 is 1.10. The quantitative estimate of drug-likeness (QED) is 0.813. The van der Waals surface area contributed by atoms with Crippen LogP contribution in [0.4, 0.5) is 5.69 Å². The Morgan fingerprint density at radius 2 is 2.24 bits per heavy atom. The summed E-state index contributed by atoms with van der Waals surface area (Å²) in [6.07, 6.45) is 4.65. The Labute approximate surface area is 136 Å². The number of nitrogens with zero attached hydrogens (tertiary/aromatic N) is 1. The molecule has 1 aromatic carbocycles. The third-order valence-electron chi connectivity index (χ3n) is 4.31. The van der Waals surface area contributed by atoms with Gasteiger partial charge in [0, 0.05) is 22.7 Å². The summed E-state index contributed by atoms with van der Waals surface area (Å²) in [4.78, 5) is 2.40. The van der Waals surface area contributed by atoms with E-state index in [1.807, 2.05) is 0 Å². The van der Waals surface area contributed by atoms with E-state index < -0.39 is 0 Å². The second-order valence-corrected chi connectivity index (χ2v) is 6.82. The predicted molar refractivity (Wildman–Crippen MR) is 92.9 cm³/mol. The van der Waals surface area contributed by atoms with Gasteiger partial charge in [0.25, 0.3) is 0 Å². The zero-order valence-electron chi connectivity index (χ0n) is 13.1. The maximum atomic E-state index is 9.69. The van der Waals surface area contributed by atoms with Gasteiger partial charge < -0.3 is 15.3 Å². The Morgan fingerprint density at radius 1 is 1.43 bits per heavy atom. The van der Waals surface area contributed by atoms with E-state index >= 15 is 0 Å². The molecule has 0 radical (unpaired) electrons. The smallest absolute Gasteiger partial charge is 0.0635 e. The van der Waals surface area contributed by atoms with Gasteiger partial charge in [-0.3, -0.25) is 0 Å². The highest BCUT2D eigenvalue weighted by molar-refractivity contribution is 9.10. The van der Waals surface area contributed by atoms with E-state index in [1.165, 1.54) is 24.1 Å². The van der Waals surface area contributed by atoms with Crippen molar-refractivity contribution in [1.29, 1.82) is 0 Å². The lowest BCUT2D eigenvalue weighted by Crippen LogP contribution is -2.42. The molecule has 1 fully saturated rings. The van der Waals surface area contributed by atoms with Crippen LogP contribution in [0.15, 0.2) is 22.7 Å². The Hall–Kier alpha value is -0.580. The molecule has 1 aliphatic rings. The van der Waals surface area contributed by atoms with E-state index in [0.717, 1.165) is 30.4 Å². The van der Waals surface area contributed by atoms with Crippen molar-refractivity contribution >= 4 is 21.6 Å². The third kappa shape index (κ3) is 4.21. The maximum Gasteiger partial charge on any atom is 0.0635 e. The number of benzene rings is 1. The summed E-state index contributed by atoms with van der Waals surface area (Å²) >= 11 is 3.60. The Morgan fingerprint density at radius 3 is 2.95 bits per heavy atom. The topological polar surface area (TPSA) is 35.5 Å². The summed E-state index contributed by atoms with van der Waals surface area (Å²) in [6.45, 7) is 6.72. The van der Waals surface area contributed by atoms with Crippen molar-refractivity contribution in [3.05, 3.63) is 28.2 Å². The van der Waals surface area contributed by atoms with Crippen LogP contribution in [0.2, 0.25) is 0 Å². The molecule has 1 aliphatic heterocycles. The first-order chi connectivity index (χ1) is 10.2. The summed E-state index contributed by atoms with van der Waals surface area (Å²) in [6, 6.07) is 7.10. The van der Waals surface area contributed by atoms with Gasteiger partial charge in [-0.05, 0) is 56.8 Å². The average molecular weight is 355 g/mol. The van der Waals surface area contributed by atoms with Crippen LogP contribution in [-0.2, 0) is 0 Å². The lowest BCUT2D eigenvalue weighted by Gasteiger charge is -2.38. The third-order valence-corrected chi connectivity index (χ3v) is 4.80. The van der Waals surface area contributed by atoms with Gasteiger partial charge in [0.15, 0.2) is 0 Å². The van der Waals surface area contributed by atoms with E-state index in [9.17, 15) is 5.11 Å². The van der Waals surface area contributed by atoms with Crippen LogP contribution >= 0.6 is 15.9 Å². The summed E-state index contributed by atoms with van der Waals surface area (Å²) in [5, 5.41) is 13.3. The van der Waals surface area contributed by atoms with Crippen LogP contribution in [-0.4, -0.2) is 30.8 Å². The Kier molecular flexibility index (Phi) is 6.52. The van der Waals surface area contributed by atoms with Crippen molar-refractivity contribution in [3.63, 3.8) is 0 Å². The molecule has 2 N–H and O–H groups in total. The highest BCUT2D eigenvalue weighted by Crippen LogP contribution is 2.33. The van der Waals surface area contributed by atoms with Crippen molar-refractivity contribution in [1.82, 2.24) is 5.32 Å². The molecule has 2 atom stereocenters. The second kappa shape index (κ2) is 8.16. The second-order valence-electron chi connectivity index (χ2n) is 5.90. The number of piperidine rings is 1. The van der Waals surface area contributed by atoms with Gasteiger partial charge in [-0.25, -0.2) is 0 Å². The molecule has 118 valence electrons. The highest BCUT2D eigenvalue weighted by atomic mass is 79.9. The van der Waals surface area contributed by atoms with Gasteiger partial charge in [-0.15, -0.1) is 0 Å². The number of halogens is 1. The molecule has 0 bridgehead atoms. The van der Waals surface area contributed by atoms with E-state index in [-0.39, 0.29) is 12.6 Å². The van der Waals surface area contributed by atoms with Gasteiger partial charge in [0.2, 0.25) is 0 Å². The molecule has 21 heavy (non-hydrogen) atoms. The van der Waals surface area contributed by atoms with Crippen molar-refractivity contribution in [2.45, 2.75) is 51.6 Å². The first kappa shape index (κ1) is 16.8. The number of aliphatic hydroxyl groups is 1. The highest BCUT2D eigenvalue weighted by Gasteiger charge is 2.25. The van der Waals surface area contributed by atoms with E-state index in [2.05, 4.69) is 58.2 Å². The van der Waals surface area contributed by atoms with Gasteiger partial charge >= 0.3 is 0 Å². The number of aliphatic hydroxyl groups excluding tert-OH is 1. The molecule has 2 unspecified atom stereocenters. The average Bonchev–Trinajstić information content (AvgIpc) is 2.52. The van der Waals surface area contributed by atoms with Gasteiger partial charge in [-0.2, -0.15) is 0 Å². The zero-order valence-corrected chi connectivity index (χ0v) is 14.7. The molecule has 3 nitrogen and oxygen atoms in total. The lowest BCUT2D eigenvalue weighted by molar-refractivity contribution is 0.240. The summed E-state index contributed by atoms with van der Waals surface area (Å²) in [5.41, 5.74) is 2.59. The van der Waals surface area contributed by atoms with Crippen molar-refractivity contribution in [2.24, 2.45) is 0 Å². The molecule has 0 aliphatic carbocycles. The fraction of sp³-hybridized carbons (Fsp3) is 0.647. The van der Waals surface area contributed by atoms with Crippen molar-refractivity contribution in [3.8, 4) is 0 Å². The maximum absolute atomic E-state index is 9.69. The minimum atomic E-state index is 0.239. The molecule has 1 saturated heterocycles. The minimum Gasteiger partial charge on any atom is -0.394 e. The molecule has 1 heterocycles. The standard InChI is InChI=1S/C17H27BrN2O/c1-3-9-19-13(2)16-8-7-14(18)11-17(16)20-10-5-4-6-15(20)12-21/h7-8,11,13,15,19,21H,3-6,9-10,12H2,1-2H3. The minimum absolute atomic E-state index is 0.239. The van der Waals surface area contributed by atoms with Crippen LogP contribution in [0.25, 0.3) is 0 Å². The number of anilines is 1. The molecule has 1 aromatic rings. The van der Waals surface area contributed by atoms with Crippen LogP contribution < -0.4 is 10.2 Å². The van der Waals surface area contributed by atoms with Crippen molar-refractivity contribution < 1.29 is 5.11 Å². The van der Waals surface area contributed by atoms with Crippen molar-refractivity contribution in [2.75, 3.05) is 24.6 Å². The molecule has 0 spiro atoms. The largest absolute Gasteiger partial charge is 0.394 e. The van der Waals surface area contributed by atoms with Gasteiger partial charge in [0.05, 0.1) is 12.6 Å². The molecular weight excluding hydrogens is 328 g/mol. The zero-order chi connectivity index (χ0) is 15.2. The van der Waals surface area contributed by atoms with E-state index in [1.54, 1.807) is 0 Å². The molecule has 2 rings (SSSR count). The Bertz CT molecular complexity index is 452. The SMILES string of the molecule is CCCNC(C)c1ccc(Br)cc1N1CCCCC1CO. The van der Waals surface area contributed by atoms with Crippen LogP contribution in [0.3, 0.4) is 0 Å². The number of hydrogen-bond donors (Lipinski definition) is 2. The molecule has 0 aromatic heterocycles. The number of rotatable bonds is 6. The van der Waals surface area contributed by atoms with Crippen LogP contribution in [0.1, 0.15) is 51.1 Å². The predicted octanol–water partition coefficient (Wildman–Crippen LogP) is 3.86. The number of hydrogen-bond acceptors (Lipinski definition) is 3. The van der Waals surface area contributed by atoms with Gasteiger partial charge in [-0.1, -0.05) is 28.9 Å². The van der Waals surface area contributed by atoms with Gasteiger partial charge in [0.1, 0.15) is 0 Å². The molecule has 4 heteroatoms. The molecule has 0 saturated carbocycles. The monoisotopic (exact) mass is 354 g/mol. The first-order valence-corrected chi connectivity index (χ1v) is 8.87. The summed E-state index contributed by atoms with van der Waals surface area (Å²) in [7, 11) is 0. The van der Waals surface area contributed by atoms with E-state index in [4.69, 9.17) is 0 Å². The summed E-state index contributed by atoms with van der Waals surface area (Å²) in [5.74, 6) is 0. The van der Waals surface area contributed by atoms with Crippen LogP contribution in [0, 0.1) is 0 Å². The van der Waals surface area contributed by atoms with E-state index in [0.29, 0.717) is 6.04 Å². The van der Waals surface area contributed by atoms with Crippen LogP contribution in [0.5, 0.6) is 0 Å². The fourth-order valence-corrected chi connectivity index (χ4v) is 3.46.